The van der Waals surface area contributed by atoms with Gasteiger partial charge in [0.15, 0.2) is 0 Å². The number of nitrogens with zero attached hydrogens (tertiary/aromatic N) is 1. The summed E-state index contributed by atoms with van der Waals surface area (Å²) >= 11 is 0. The van der Waals surface area contributed by atoms with E-state index in [4.69, 9.17) is 0 Å². The highest BCUT2D eigenvalue weighted by atomic mass is 14.9. The molecule has 0 saturated carbocycles. The third-order valence-electron chi connectivity index (χ3n) is 0.800. The molecule has 0 aromatic carbocycles. The van der Waals surface area contributed by atoms with Gasteiger partial charge in [0.1, 0.15) is 0 Å². The van der Waals surface area contributed by atoms with E-state index in [1.807, 2.05) is 72.9 Å². The molecule has 2 heteroatoms. The molecule has 2 nitrogen and oxygen atoms in total. The SMILES string of the molecule is C/C=C\C.C/C=C\NC=NC.CC.CC. The topological polar surface area (TPSA) is 24.4 Å². The Balaban J connectivity index is -0.0000000647. The first-order chi connectivity index (χ1) is 7.33. The lowest BCUT2D eigenvalue weighted by Crippen LogP contribution is -1.98. The van der Waals surface area contributed by atoms with Crippen LogP contribution in [0, 0.1) is 0 Å². The van der Waals surface area contributed by atoms with E-state index in [0.29, 0.717) is 0 Å². The lowest BCUT2D eigenvalue weighted by atomic mass is 10.6. The maximum atomic E-state index is 3.69. The number of aliphatic imine (C=N–C) groups is 1. The zero-order valence-corrected chi connectivity index (χ0v) is 11.8. The number of hydrogen-bond acceptors (Lipinski definition) is 1. The maximum Gasteiger partial charge on any atom is 0.0859 e. The predicted octanol–water partition coefficient (Wildman–Crippen LogP) is 4.40. The zero-order chi connectivity index (χ0) is 12.9. The minimum Gasteiger partial charge on any atom is -0.353 e. The van der Waals surface area contributed by atoms with Crippen LogP contribution in [0.25, 0.3) is 0 Å². The van der Waals surface area contributed by atoms with Crippen LogP contribution in [0.5, 0.6) is 0 Å². The highest BCUT2D eigenvalue weighted by molar-refractivity contribution is 5.55. The third-order valence-corrected chi connectivity index (χ3v) is 0.800. The second-order valence-electron chi connectivity index (χ2n) is 1.72. The van der Waals surface area contributed by atoms with E-state index >= 15 is 0 Å². The van der Waals surface area contributed by atoms with Crippen molar-refractivity contribution in [3.8, 4) is 0 Å². The maximum absolute atomic E-state index is 3.69. The summed E-state index contributed by atoms with van der Waals surface area (Å²) in [4.78, 5) is 3.69. The summed E-state index contributed by atoms with van der Waals surface area (Å²) in [7, 11) is 1.72. The molecule has 0 aromatic rings. The molecule has 0 atom stereocenters. The standard InChI is InChI=1S/C5H10N2.C4H8.2C2H6/c1-3-4-7-5-6-2;1-3-4-2;2*1-2/h3-5H,1-2H3,(H,6,7);3-4H,1-2H3;2*1-2H3/b2*4-3-;;. The van der Waals surface area contributed by atoms with Gasteiger partial charge >= 0.3 is 0 Å². The summed E-state index contributed by atoms with van der Waals surface area (Å²) in [6, 6.07) is 0. The van der Waals surface area contributed by atoms with Crippen LogP contribution in [-0.4, -0.2) is 13.4 Å². The van der Waals surface area contributed by atoms with Gasteiger partial charge in [0.05, 0.1) is 6.34 Å². The van der Waals surface area contributed by atoms with Crippen molar-refractivity contribution in [2.45, 2.75) is 48.5 Å². The van der Waals surface area contributed by atoms with Gasteiger partial charge in [-0.25, -0.2) is 0 Å². The molecule has 0 rings (SSSR count). The summed E-state index contributed by atoms with van der Waals surface area (Å²) < 4.78 is 0. The van der Waals surface area contributed by atoms with Crippen molar-refractivity contribution in [3.05, 3.63) is 24.4 Å². The second-order valence-corrected chi connectivity index (χ2v) is 1.72. The minimum absolute atomic E-state index is 1.62. The molecule has 92 valence electrons. The summed E-state index contributed by atoms with van der Waals surface area (Å²) in [5.41, 5.74) is 0. The fourth-order valence-electron chi connectivity index (χ4n) is 0.214. The molecule has 15 heavy (non-hydrogen) atoms. The molecule has 0 bridgehead atoms. The van der Waals surface area contributed by atoms with Gasteiger partial charge in [-0.05, 0) is 27.0 Å². The van der Waals surface area contributed by atoms with Crippen molar-refractivity contribution < 1.29 is 0 Å². The first-order valence-electron chi connectivity index (χ1n) is 5.68. The van der Waals surface area contributed by atoms with Crippen molar-refractivity contribution in [1.82, 2.24) is 5.32 Å². The Morgan fingerprint density at radius 1 is 0.800 bits per heavy atom. The lowest BCUT2D eigenvalue weighted by Gasteiger charge is -1.80. The van der Waals surface area contributed by atoms with Gasteiger partial charge in [-0.2, -0.15) is 0 Å². The molecule has 0 radical (unpaired) electrons. The molecule has 0 saturated heterocycles. The summed E-state index contributed by atoms with van der Waals surface area (Å²) in [6.07, 6.45) is 9.34. The highest BCUT2D eigenvalue weighted by Crippen LogP contribution is 1.57. The second kappa shape index (κ2) is 52.2. The first-order valence-corrected chi connectivity index (χ1v) is 5.68. The van der Waals surface area contributed by atoms with Gasteiger partial charge in [-0.1, -0.05) is 45.9 Å². The van der Waals surface area contributed by atoms with Crippen LogP contribution in [0.4, 0.5) is 0 Å². The van der Waals surface area contributed by atoms with Crippen molar-refractivity contribution >= 4 is 6.34 Å². The molecule has 0 aliphatic heterocycles. The number of allylic oxidation sites excluding steroid dienone is 3. The Kier molecular flexibility index (Phi) is 82.3. The fraction of sp³-hybridized carbons (Fsp3) is 0.615. The Morgan fingerprint density at radius 2 is 1.20 bits per heavy atom. The molecule has 0 spiro atoms. The van der Waals surface area contributed by atoms with Crippen LogP contribution in [-0.2, 0) is 0 Å². The fourth-order valence-corrected chi connectivity index (χ4v) is 0.214. The predicted molar refractivity (Wildman–Crippen MR) is 75.5 cm³/mol. The molecule has 0 aromatic heterocycles. The Labute approximate surface area is 97.2 Å². The molecular formula is C13H30N2. The summed E-state index contributed by atoms with van der Waals surface area (Å²) in [5, 5.41) is 2.81. The highest BCUT2D eigenvalue weighted by Gasteiger charge is 1.56. The van der Waals surface area contributed by atoms with Crippen LogP contribution >= 0.6 is 0 Å². The van der Waals surface area contributed by atoms with Crippen LogP contribution in [0.3, 0.4) is 0 Å². The summed E-state index contributed by atoms with van der Waals surface area (Å²) in [6.45, 7) is 13.9. The Hall–Kier alpha value is -1.05. The van der Waals surface area contributed by atoms with Crippen molar-refractivity contribution in [2.24, 2.45) is 4.99 Å². The van der Waals surface area contributed by atoms with Crippen LogP contribution in [0.1, 0.15) is 48.5 Å². The van der Waals surface area contributed by atoms with Gasteiger partial charge in [0, 0.05) is 7.05 Å². The molecule has 0 fully saturated rings. The van der Waals surface area contributed by atoms with Crippen molar-refractivity contribution in [3.63, 3.8) is 0 Å². The van der Waals surface area contributed by atoms with Gasteiger partial charge in [0.2, 0.25) is 0 Å². The first kappa shape index (κ1) is 23.6. The van der Waals surface area contributed by atoms with E-state index in [0.717, 1.165) is 0 Å². The Bertz CT molecular complexity index is 110. The van der Waals surface area contributed by atoms with Gasteiger partial charge < -0.3 is 5.32 Å². The molecule has 0 amide bonds. The number of rotatable bonds is 2. The van der Waals surface area contributed by atoms with Crippen LogP contribution in [0.2, 0.25) is 0 Å². The number of nitrogens with one attached hydrogen (secondary N) is 1. The summed E-state index contributed by atoms with van der Waals surface area (Å²) in [5.74, 6) is 0. The average molecular weight is 214 g/mol. The van der Waals surface area contributed by atoms with Crippen LogP contribution < -0.4 is 5.32 Å². The molecule has 0 aliphatic carbocycles. The van der Waals surface area contributed by atoms with E-state index in [1.54, 1.807) is 13.4 Å². The quantitative estimate of drug-likeness (QED) is 0.411. The number of hydrogen-bond donors (Lipinski definition) is 1. The van der Waals surface area contributed by atoms with E-state index in [-0.39, 0.29) is 0 Å². The minimum atomic E-state index is 1.62. The molecular weight excluding hydrogens is 184 g/mol. The lowest BCUT2D eigenvalue weighted by molar-refractivity contribution is 1.27. The molecule has 0 unspecified atom stereocenters. The van der Waals surface area contributed by atoms with E-state index in [2.05, 4.69) is 10.3 Å². The third kappa shape index (κ3) is 99.5. The molecule has 1 N–H and O–H groups in total. The van der Waals surface area contributed by atoms with E-state index in [1.165, 1.54) is 0 Å². The van der Waals surface area contributed by atoms with Crippen molar-refractivity contribution in [1.29, 1.82) is 0 Å². The Morgan fingerprint density at radius 3 is 1.40 bits per heavy atom. The average Bonchev–Trinajstić information content (AvgIpc) is 2.35. The normalized spacial score (nSPS) is 8.53. The van der Waals surface area contributed by atoms with Gasteiger partial charge in [-0.15, -0.1) is 0 Å². The van der Waals surface area contributed by atoms with E-state index in [9.17, 15) is 0 Å². The van der Waals surface area contributed by atoms with Gasteiger partial charge in [0.25, 0.3) is 0 Å². The zero-order valence-electron chi connectivity index (χ0n) is 11.8. The smallest absolute Gasteiger partial charge is 0.0859 e. The van der Waals surface area contributed by atoms with Crippen LogP contribution in [0.15, 0.2) is 29.4 Å². The van der Waals surface area contributed by atoms with Gasteiger partial charge in [-0.3, -0.25) is 4.99 Å². The largest absolute Gasteiger partial charge is 0.353 e. The molecule has 0 heterocycles. The van der Waals surface area contributed by atoms with Crippen molar-refractivity contribution in [2.75, 3.05) is 7.05 Å². The monoisotopic (exact) mass is 214 g/mol. The van der Waals surface area contributed by atoms with E-state index < -0.39 is 0 Å². The molecule has 0 aliphatic rings.